The molecule has 0 aliphatic heterocycles. The molecule has 0 aromatic rings. The fourth-order valence-electron chi connectivity index (χ4n) is 3.25. The number of nitrogens with one attached hydrogen (secondary N) is 4. The van der Waals surface area contributed by atoms with E-state index in [-0.39, 0.29) is 67.9 Å². The fraction of sp³-hybridized carbons (Fsp3) is 0.846. The zero-order chi connectivity index (χ0) is 28.6. The molecular weight excluding hydrogens is 496 g/mol. The molecule has 222 valence electrons. The third-order valence-corrected chi connectivity index (χ3v) is 5.09. The molecule has 0 aliphatic carbocycles. The van der Waals surface area contributed by atoms with Crippen molar-refractivity contribution in [3.63, 3.8) is 0 Å². The number of unbranched alkanes of at least 4 members (excludes halogenated alkanes) is 1. The van der Waals surface area contributed by atoms with Gasteiger partial charge in [0.15, 0.2) is 5.78 Å². The van der Waals surface area contributed by atoms with Gasteiger partial charge in [-0.3, -0.25) is 19.2 Å². The van der Waals surface area contributed by atoms with Crippen LogP contribution in [0.2, 0.25) is 0 Å². The van der Waals surface area contributed by atoms with Crippen LogP contribution in [0, 0.1) is 5.92 Å². The maximum absolute atomic E-state index is 12.3. The Hall–Kier alpha value is -2.12. The molecule has 12 heteroatoms. The van der Waals surface area contributed by atoms with E-state index in [1.165, 1.54) is 6.92 Å². The second-order valence-electron chi connectivity index (χ2n) is 9.44. The molecule has 0 spiro atoms. The van der Waals surface area contributed by atoms with Gasteiger partial charge in [-0.25, -0.2) is 0 Å². The molecule has 0 rings (SSSR count). The van der Waals surface area contributed by atoms with Crippen LogP contribution in [-0.2, 0) is 38.1 Å². The lowest BCUT2D eigenvalue weighted by Gasteiger charge is -2.22. The van der Waals surface area contributed by atoms with E-state index in [1.54, 1.807) is 0 Å². The molecule has 1 unspecified atom stereocenters. The average molecular weight is 547 g/mol. The molecule has 38 heavy (non-hydrogen) atoms. The molecule has 0 aromatic heterocycles. The summed E-state index contributed by atoms with van der Waals surface area (Å²) in [6.07, 6.45) is 2.39. The highest BCUT2D eigenvalue weighted by Crippen LogP contribution is 2.08. The summed E-state index contributed by atoms with van der Waals surface area (Å²) in [6, 6.07) is 0.0992. The zero-order valence-corrected chi connectivity index (χ0v) is 23.9. The number of ketones is 1. The number of Topliss-reactive ketones (excluding diaryl/α,β-unsaturated/α-hetero) is 1. The van der Waals surface area contributed by atoms with Crippen molar-refractivity contribution < 1.29 is 38.1 Å². The smallest absolute Gasteiger partial charge is 0.246 e. The van der Waals surface area contributed by atoms with Gasteiger partial charge in [0.05, 0.1) is 45.7 Å². The molecule has 0 radical (unpaired) electrons. The molecular formula is C26H50N4O8. The standard InChI is InChI=1S/C26H50N4O8/c1-20(2)26(34)23(30-21(3)4)8-6-7-9-28-24(32)18-37-17-15-36-13-11-29-25(33)19-38-16-14-35-12-10-27-22(5)31/h20-21,23,30H,6-19H2,1-5H3,(H,27,31)(H,28,32)(H,29,33). The summed E-state index contributed by atoms with van der Waals surface area (Å²) in [4.78, 5) is 46.5. The second kappa shape index (κ2) is 24.0. The highest BCUT2D eigenvalue weighted by Gasteiger charge is 2.21. The van der Waals surface area contributed by atoms with E-state index in [4.69, 9.17) is 18.9 Å². The number of ether oxygens (including phenoxy) is 4. The molecule has 0 fully saturated rings. The van der Waals surface area contributed by atoms with Gasteiger partial charge in [-0.1, -0.05) is 27.7 Å². The quantitative estimate of drug-likeness (QED) is 0.117. The minimum absolute atomic E-state index is 0.00348. The summed E-state index contributed by atoms with van der Waals surface area (Å²) >= 11 is 0. The molecule has 0 aliphatic rings. The van der Waals surface area contributed by atoms with Crippen LogP contribution in [0.3, 0.4) is 0 Å². The minimum Gasteiger partial charge on any atom is -0.377 e. The number of amides is 3. The topological polar surface area (TPSA) is 153 Å². The predicted molar refractivity (Wildman–Crippen MR) is 144 cm³/mol. The summed E-state index contributed by atoms with van der Waals surface area (Å²) < 4.78 is 21.1. The monoisotopic (exact) mass is 546 g/mol. The first-order valence-electron chi connectivity index (χ1n) is 13.5. The van der Waals surface area contributed by atoms with E-state index in [1.807, 2.05) is 27.7 Å². The Morgan fingerprint density at radius 3 is 1.63 bits per heavy atom. The highest BCUT2D eigenvalue weighted by atomic mass is 16.5. The van der Waals surface area contributed by atoms with Crippen molar-refractivity contribution in [2.45, 2.75) is 66.0 Å². The van der Waals surface area contributed by atoms with E-state index in [0.717, 1.165) is 19.3 Å². The van der Waals surface area contributed by atoms with E-state index >= 15 is 0 Å². The van der Waals surface area contributed by atoms with Gasteiger partial charge < -0.3 is 40.2 Å². The SMILES string of the molecule is CC(=O)NCCOCCOCC(=O)NCCOCCOCC(=O)NCCCCC(NC(C)C)C(=O)C(C)C. The maximum atomic E-state index is 12.3. The largest absolute Gasteiger partial charge is 0.377 e. The average Bonchev–Trinajstić information content (AvgIpc) is 2.85. The fourth-order valence-corrected chi connectivity index (χ4v) is 3.25. The van der Waals surface area contributed by atoms with Gasteiger partial charge in [0.25, 0.3) is 0 Å². The van der Waals surface area contributed by atoms with E-state index < -0.39 is 0 Å². The minimum atomic E-state index is -0.252. The van der Waals surface area contributed by atoms with Crippen LogP contribution in [0.4, 0.5) is 0 Å². The molecule has 4 N–H and O–H groups in total. The number of hydrogen-bond donors (Lipinski definition) is 4. The number of hydrogen-bond acceptors (Lipinski definition) is 9. The van der Waals surface area contributed by atoms with E-state index in [9.17, 15) is 19.2 Å². The van der Waals surface area contributed by atoms with Crippen molar-refractivity contribution in [1.29, 1.82) is 0 Å². The lowest BCUT2D eigenvalue weighted by molar-refractivity contribution is -0.127. The molecule has 0 saturated heterocycles. The molecule has 0 heterocycles. The van der Waals surface area contributed by atoms with Crippen LogP contribution < -0.4 is 21.3 Å². The van der Waals surface area contributed by atoms with E-state index in [0.29, 0.717) is 46.1 Å². The molecule has 3 amide bonds. The van der Waals surface area contributed by atoms with Gasteiger partial charge in [-0.15, -0.1) is 0 Å². The van der Waals surface area contributed by atoms with Gasteiger partial charge in [-0.05, 0) is 19.3 Å². The summed E-state index contributed by atoms with van der Waals surface area (Å²) in [5.74, 6) is -0.325. The summed E-state index contributed by atoms with van der Waals surface area (Å²) in [6.45, 7) is 12.4. The lowest BCUT2D eigenvalue weighted by Crippen LogP contribution is -2.42. The Morgan fingerprint density at radius 2 is 1.13 bits per heavy atom. The van der Waals surface area contributed by atoms with Gasteiger partial charge >= 0.3 is 0 Å². The Balaban J connectivity index is 3.56. The van der Waals surface area contributed by atoms with Gasteiger partial charge in [-0.2, -0.15) is 0 Å². The molecule has 0 aromatic carbocycles. The lowest BCUT2D eigenvalue weighted by atomic mass is 9.96. The van der Waals surface area contributed by atoms with Gasteiger partial charge in [0, 0.05) is 38.5 Å². The number of carbonyl (C=O) groups excluding carboxylic acids is 4. The van der Waals surface area contributed by atoms with E-state index in [2.05, 4.69) is 21.3 Å². The Labute approximate surface area is 227 Å². The normalized spacial score (nSPS) is 12.0. The molecule has 12 nitrogen and oxygen atoms in total. The Morgan fingerprint density at radius 1 is 0.632 bits per heavy atom. The second-order valence-corrected chi connectivity index (χ2v) is 9.44. The number of rotatable bonds is 25. The highest BCUT2D eigenvalue weighted by molar-refractivity contribution is 5.85. The van der Waals surface area contributed by atoms with Crippen molar-refractivity contribution in [1.82, 2.24) is 21.3 Å². The van der Waals surface area contributed by atoms with Crippen LogP contribution >= 0.6 is 0 Å². The van der Waals surface area contributed by atoms with Gasteiger partial charge in [0.2, 0.25) is 17.7 Å². The van der Waals surface area contributed by atoms with Crippen molar-refractivity contribution in [3.05, 3.63) is 0 Å². The van der Waals surface area contributed by atoms with Crippen molar-refractivity contribution in [3.8, 4) is 0 Å². The Kier molecular flexibility index (Phi) is 22.6. The zero-order valence-electron chi connectivity index (χ0n) is 23.9. The third-order valence-electron chi connectivity index (χ3n) is 5.09. The van der Waals surface area contributed by atoms with Crippen LogP contribution in [-0.4, -0.2) is 108 Å². The predicted octanol–water partition coefficient (Wildman–Crippen LogP) is 0.183. The van der Waals surface area contributed by atoms with Crippen molar-refractivity contribution >= 4 is 23.5 Å². The number of carbonyl (C=O) groups is 4. The Bertz CT molecular complexity index is 661. The van der Waals surface area contributed by atoms with Crippen LogP contribution in [0.15, 0.2) is 0 Å². The van der Waals surface area contributed by atoms with Crippen LogP contribution in [0.25, 0.3) is 0 Å². The summed E-state index contributed by atoms with van der Waals surface area (Å²) in [5, 5.41) is 11.4. The van der Waals surface area contributed by atoms with Crippen LogP contribution in [0.1, 0.15) is 53.9 Å². The first-order valence-corrected chi connectivity index (χ1v) is 13.5. The summed E-state index contributed by atoms with van der Waals surface area (Å²) in [7, 11) is 0. The van der Waals surface area contributed by atoms with Crippen LogP contribution in [0.5, 0.6) is 0 Å². The van der Waals surface area contributed by atoms with Gasteiger partial charge in [0.1, 0.15) is 13.2 Å². The molecule has 1 atom stereocenters. The van der Waals surface area contributed by atoms with Crippen molar-refractivity contribution in [2.24, 2.45) is 5.92 Å². The first-order chi connectivity index (χ1) is 18.1. The summed E-state index contributed by atoms with van der Waals surface area (Å²) in [5.41, 5.74) is 0. The maximum Gasteiger partial charge on any atom is 0.246 e. The first kappa shape index (κ1) is 35.9. The van der Waals surface area contributed by atoms with Crippen molar-refractivity contribution in [2.75, 3.05) is 72.5 Å². The molecule has 0 saturated carbocycles. The third kappa shape index (κ3) is 23.0. The molecule has 0 bridgehead atoms.